The molecular formula is C14H15N3O4. The SMILES string of the molecule is N#Cc1cccc(N2CCCC(CC(=O)O)C2)c1[N+](=O)[O-]. The Morgan fingerprint density at radius 2 is 2.33 bits per heavy atom. The number of carbonyl (C=O) groups is 1. The molecule has 0 aromatic heterocycles. The normalized spacial score (nSPS) is 18.0. The molecule has 7 heteroatoms. The number of aliphatic carboxylic acids is 1. The Balaban J connectivity index is 2.31. The van der Waals surface area contributed by atoms with Gasteiger partial charge in [0.25, 0.3) is 0 Å². The molecule has 0 bridgehead atoms. The van der Waals surface area contributed by atoms with Gasteiger partial charge < -0.3 is 10.0 Å². The summed E-state index contributed by atoms with van der Waals surface area (Å²) in [7, 11) is 0. The molecule has 0 saturated carbocycles. The van der Waals surface area contributed by atoms with E-state index in [2.05, 4.69) is 0 Å². The summed E-state index contributed by atoms with van der Waals surface area (Å²) < 4.78 is 0. The average Bonchev–Trinajstić information content (AvgIpc) is 2.45. The molecule has 1 aliphatic rings. The van der Waals surface area contributed by atoms with Crippen LogP contribution in [0.2, 0.25) is 0 Å². The van der Waals surface area contributed by atoms with Gasteiger partial charge in [-0.3, -0.25) is 14.9 Å². The topological polar surface area (TPSA) is 107 Å². The minimum atomic E-state index is -0.859. The Bertz CT molecular complexity index is 609. The van der Waals surface area contributed by atoms with E-state index >= 15 is 0 Å². The molecule has 1 saturated heterocycles. The summed E-state index contributed by atoms with van der Waals surface area (Å²) in [5, 5.41) is 29.1. The summed E-state index contributed by atoms with van der Waals surface area (Å²) >= 11 is 0. The van der Waals surface area contributed by atoms with Crippen molar-refractivity contribution in [3.05, 3.63) is 33.9 Å². The zero-order valence-corrected chi connectivity index (χ0v) is 11.4. The van der Waals surface area contributed by atoms with Gasteiger partial charge in [-0.25, -0.2) is 0 Å². The molecule has 1 aromatic carbocycles. The maximum absolute atomic E-state index is 11.2. The van der Waals surface area contributed by atoms with Crippen molar-refractivity contribution in [2.75, 3.05) is 18.0 Å². The zero-order chi connectivity index (χ0) is 15.4. The van der Waals surface area contributed by atoms with E-state index in [0.29, 0.717) is 18.8 Å². The molecule has 2 rings (SSSR count). The first-order valence-electron chi connectivity index (χ1n) is 6.67. The molecule has 1 atom stereocenters. The highest BCUT2D eigenvalue weighted by Gasteiger charge is 2.28. The summed E-state index contributed by atoms with van der Waals surface area (Å²) in [6, 6.07) is 6.48. The Hall–Kier alpha value is -2.62. The van der Waals surface area contributed by atoms with Gasteiger partial charge in [0.1, 0.15) is 17.3 Å². The van der Waals surface area contributed by atoms with Crippen molar-refractivity contribution < 1.29 is 14.8 Å². The van der Waals surface area contributed by atoms with Crippen LogP contribution in [0.3, 0.4) is 0 Å². The highest BCUT2D eigenvalue weighted by molar-refractivity contribution is 5.70. The first kappa shape index (κ1) is 14.8. The van der Waals surface area contributed by atoms with Crippen LogP contribution in [0, 0.1) is 27.4 Å². The lowest BCUT2D eigenvalue weighted by Gasteiger charge is -2.33. The summed E-state index contributed by atoms with van der Waals surface area (Å²) in [5.41, 5.74) is 0.225. The van der Waals surface area contributed by atoms with E-state index in [9.17, 15) is 14.9 Å². The van der Waals surface area contributed by atoms with E-state index in [0.717, 1.165) is 12.8 Å². The molecule has 0 amide bonds. The smallest absolute Gasteiger partial charge is 0.310 e. The molecule has 1 aromatic rings. The molecule has 0 spiro atoms. The Morgan fingerprint density at radius 1 is 1.57 bits per heavy atom. The fraction of sp³-hybridized carbons (Fsp3) is 0.429. The third-order valence-electron chi connectivity index (χ3n) is 3.64. The van der Waals surface area contributed by atoms with E-state index in [1.54, 1.807) is 12.1 Å². The number of piperidine rings is 1. The van der Waals surface area contributed by atoms with Crippen LogP contribution in [0.5, 0.6) is 0 Å². The molecule has 0 aliphatic carbocycles. The van der Waals surface area contributed by atoms with Crippen LogP contribution in [0.15, 0.2) is 18.2 Å². The first-order valence-corrected chi connectivity index (χ1v) is 6.67. The van der Waals surface area contributed by atoms with Gasteiger partial charge in [-0.15, -0.1) is 0 Å². The predicted molar refractivity (Wildman–Crippen MR) is 75.0 cm³/mol. The van der Waals surface area contributed by atoms with Gasteiger partial charge in [0.15, 0.2) is 0 Å². The number of rotatable bonds is 4. The number of carboxylic acids is 1. The number of hydrogen-bond acceptors (Lipinski definition) is 5. The third-order valence-corrected chi connectivity index (χ3v) is 3.64. The van der Waals surface area contributed by atoms with E-state index < -0.39 is 10.9 Å². The molecule has 110 valence electrons. The zero-order valence-electron chi connectivity index (χ0n) is 11.4. The van der Waals surface area contributed by atoms with Gasteiger partial charge in [0.2, 0.25) is 0 Å². The maximum Gasteiger partial charge on any atom is 0.310 e. The van der Waals surface area contributed by atoms with Crippen LogP contribution in [-0.2, 0) is 4.79 Å². The van der Waals surface area contributed by atoms with Crippen molar-refractivity contribution in [3.63, 3.8) is 0 Å². The fourth-order valence-corrected chi connectivity index (χ4v) is 2.77. The van der Waals surface area contributed by atoms with Crippen molar-refractivity contribution in [1.29, 1.82) is 5.26 Å². The second-order valence-electron chi connectivity index (χ2n) is 5.09. The quantitative estimate of drug-likeness (QED) is 0.672. The van der Waals surface area contributed by atoms with Gasteiger partial charge in [0.05, 0.1) is 4.92 Å². The number of hydrogen-bond donors (Lipinski definition) is 1. The molecule has 1 heterocycles. The lowest BCUT2D eigenvalue weighted by atomic mass is 9.94. The van der Waals surface area contributed by atoms with Crippen molar-refractivity contribution in [1.82, 2.24) is 0 Å². The number of para-hydroxylation sites is 1. The first-order chi connectivity index (χ1) is 10.0. The average molecular weight is 289 g/mol. The molecule has 1 aliphatic heterocycles. The molecule has 1 fully saturated rings. The lowest BCUT2D eigenvalue weighted by Crippen LogP contribution is -2.36. The van der Waals surface area contributed by atoms with Crippen LogP contribution < -0.4 is 4.90 Å². The van der Waals surface area contributed by atoms with E-state index in [1.165, 1.54) is 6.07 Å². The number of carboxylic acid groups (broad SMARTS) is 1. The summed E-state index contributed by atoms with van der Waals surface area (Å²) in [6.45, 7) is 1.09. The van der Waals surface area contributed by atoms with Gasteiger partial charge >= 0.3 is 11.7 Å². The second-order valence-corrected chi connectivity index (χ2v) is 5.09. The van der Waals surface area contributed by atoms with Gasteiger partial charge in [-0.2, -0.15) is 5.26 Å². The number of nitro groups is 1. The van der Waals surface area contributed by atoms with Gasteiger partial charge in [0, 0.05) is 19.5 Å². The van der Waals surface area contributed by atoms with Crippen LogP contribution in [-0.4, -0.2) is 29.1 Å². The molecular weight excluding hydrogens is 274 g/mol. The van der Waals surface area contributed by atoms with E-state index in [-0.39, 0.29) is 23.6 Å². The third kappa shape index (κ3) is 3.28. The molecule has 21 heavy (non-hydrogen) atoms. The summed E-state index contributed by atoms with van der Waals surface area (Å²) in [4.78, 5) is 23.3. The molecule has 0 radical (unpaired) electrons. The molecule has 1 N–H and O–H groups in total. The van der Waals surface area contributed by atoms with Crippen molar-refractivity contribution >= 4 is 17.3 Å². The van der Waals surface area contributed by atoms with Crippen LogP contribution in [0.25, 0.3) is 0 Å². The largest absolute Gasteiger partial charge is 0.481 e. The minimum Gasteiger partial charge on any atom is -0.481 e. The lowest BCUT2D eigenvalue weighted by molar-refractivity contribution is -0.384. The Kier molecular flexibility index (Phi) is 4.38. The number of benzene rings is 1. The fourth-order valence-electron chi connectivity index (χ4n) is 2.77. The highest BCUT2D eigenvalue weighted by Crippen LogP contribution is 2.34. The van der Waals surface area contributed by atoms with Crippen molar-refractivity contribution in [3.8, 4) is 6.07 Å². The number of anilines is 1. The van der Waals surface area contributed by atoms with E-state index in [4.69, 9.17) is 10.4 Å². The summed E-state index contributed by atoms with van der Waals surface area (Å²) in [6.07, 6.45) is 1.64. The number of nitriles is 1. The molecule has 7 nitrogen and oxygen atoms in total. The van der Waals surface area contributed by atoms with Gasteiger partial charge in [-0.05, 0) is 30.9 Å². The minimum absolute atomic E-state index is 0.0258. The van der Waals surface area contributed by atoms with Crippen LogP contribution >= 0.6 is 0 Å². The standard InChI is InChI=1S/C14H15N3O4/c15-8-11-4-1-5-12(14(11)17(20)21)16-6-2-3-10(9-16)7-13(18)19/h1,4-5,10H,2-3,6-7,9H2,(H,18,19). The Labute approximate surface area is 121 Å². The van der Waals surface area contributed by atoms with Crippen molar-refractivity contribution in [2.24, 2.45) is 5.92 Å². The summed E-state index contributed by atoms with van der Waals surface area (Å²) in [5.74, 6) is -0.885. The highest BCUT2D eigenvalue weighted by atomic mass is 16.6. The predicted octanol–water partition coefficient (Wildman–Crippen LogP) is 2.16. The Morgan fingerprint density at radius 3 is 2.95 bits per heavy atom. The maximum atomic E-state index is 11.2. The van der Waals surface area contributed by atoms with Crippen LogP contribution in [0.4, 0.5) is 11.4 Å². The van der Waals surface area contributed by atoms with Crippen molar-refractivity contribution in [2.45, 2.75) is 19.3 Å². The monoisotopic (exact) mass is 289 g/mol. The number of nitrogens with zero attached hydrogens (tertiary/aromatic N) is 3. The van der Waals surface area contributed by atoms with Crippen LogP contribution in [0.1, 0.15) is 24.8 Å². The second kappa shape index (κ2) is 6.22. The molecule has 1 unspecified atom stereocenters. The van der Waals surface area contributed by atoms with E-state index in [1.807, 2.05) is 11.0 Å². The number of nitro benzene ring substituents is 1. The van der Waals surface area contributed by atoms with Gasteiger partial charge in [-0.1, -0.05) is 6.07 Å².